The largest absolute Gasteiger partial charge is 0.424 e. The smallest absolute Gasteiger partial charge is 0.295 e. The molecule has 0 saturated carbocycles. The van der Waals surface area contributed by atoms with Crippen molar-refractivity contribution < 1.29 is 4.42 Å². The number of nitrogens with zero attached hydrogens (tertiary/aromatic N) is 3. The van der Waals surface area contributed by atoms with E-state index in [4.69, 9.17) is 4.42 Å². The molecular formula is C13H14N4O. The highest BCUT2D eigenvalue weighted by Gasteiger charge is 2.08. The number of imidazole rings is 1. The van der Waals surface area contributed by atoms with Crippen molar-refractivity contribution in [3.8, 4) is 0 Å². The summed E-state index contributed by atoms with van der Waals surface area (Å²) in [4.78, 5) is 8.39. The molecule has 5 nitrogen and oxygen atoms in total. The molecule has 0 radical (unpaired) electrons. The van der Waals surface area contributed by atoms with E-state index in [9.17, 15) is 0 Å². The molecule has 2 aromatic heterocycles. The molecule has 0 spiro atoms. The van der Waals surface area contributed by atoms with E-state index in [0.717, 1.165) is 17.6 Å². The van der Waals surface area contributed by atoms with Gasteiger partial charge in [-0.15, -0.1) is 0 Å². The van der Waals surface area contributed by atoms with Crippen LogP contribution in [0.2, 0.25) is 0 Å². The van der Waals surface area contributed by atoms with Gasteiger partial charge in [-0.05, 0) is 19.1 Å². The number of anilines is 1. The quantitative estimate of drug-likeness (QED) is 0.763. The Morgan fingerprint density at radius 3 is 3.06 bits per heavy atom. The molecule has 1 N–H and O–H groups in total. The van der Waals surface area contributed by atoms with Crippen LogP contribution in [0.25, 0.3) is 11.1 Å². The van der Waals surface area contributed by atoms with E-state index in [-0.39, 0.29) is 6.04 Å². The van der Waals surface area contributed by atoms with E-state index < -0.39 is 0 Å². The normalized spacial score (nSPS) is 12.7. The van der Waals surface area contributed by atoms with Gasteiger partial charge in [-0.2, -0.15) is 4.98 Å². The molecular weight excluding hydrogens is 228 g/mol. The summed E-state index contributed by atoms with van der Waals surface area (Å²) in [5.41, 5.74) is 1.67. The van der Waals surface area contributed by atoms with Gasteiger partial charge < -0.3 is 14.3 Å². The Hall–Kier alpha value is -2.30. The summed E-state index contributed by atoms with van der Waals surface area (Å²) in [5.74, 6) is 0. The second kappa shape index (κ2) is 4.52. The average molecular weight is 242 g/mol. The topological polar surface area (TPSA) is 55.9 Å². The number of fused-ring (bicyclic) bond motifs is 1. The lowest BCUT2D eigenvalue weighted by Crippen LogP contribution is -2.21. The molecule has 2 heterocycles. The van der Waals surface area contributed by atoms with E-state index in [2.05, 4.69) is 22.2 Å². The molecule has 0 aliphatic heterocycles. The van der Waals surface area contributed by atoms with Crippen LogP contribution in [0.1, 0.15) is 6.92 Å². The van der Waals surface area contributed by atoms with Crippen molar-refractivity contribution >= 4 is 17.1 Å². The number of aromatic nitrogens is 3. The highest BCUT2D eigenvalue weighted by molar-refractivity contribution is 5.74. The van der Waals surface area contributed by atoms with Crippen LogP contribution in [0.15, 0.2) is 47.4 Å². The number of nitrogens with one attached hydrogen (secondary N) is 1. The zero-order valence-electron chi connectivity index (χ0n) is 10.1. The van der Waals surface area contributed by atoms with Gasteiger partial charge in [0.2, 0.25) is 0 Å². The van der Waals surface area contributed by atoms with E-state index >= 15 is 0 Å². The highest BCUT2D eigenvalue weighted by atomic mass is 16.4. The van der Waals surface area contributed by atoms with Crippen molar-refractivity contribution in [2.45, 2.75) is 19.5 Å². The van der Waals surface area contributed by atoms with Gasteiger partial charge in [-0.25, -0.2) is 4.98 Å². The SMILES string of the molecule is CC(Cn1ccnc1)Nc1nc2ccccc2o1. The number of oxazole rings is 1. The molecule has 0 saturated heterocycles. The van der Waals surface area contributed by atoms with Crippen molar-refractivity contribution in [2.24, 2.45) is 0 Å². The first-order chi connectivity index (χ1) is 8.81. The van der Waals surface area contributed by atoms with Crippen LogP contribution < -0.4 is 5.32 Å². The number of para-hydroxylation sites is 2. The first kappa shape index (κ1) is 10.8. The van der Waals surface area contributed by atoms with E-state index in [1.165, 1.54) is 0 Å². The number of rotatable bonds is 4. The Balaban J connectivity index is 1.71. The first-order valence-corrected chi connectivity index (χ1v) is 5.89. The fraction of sp³-hybridized carbons (Fsp3) is 0.231. The molecule has 3 rings (SSSR count). The minimum atomic E-state index is 0.215. The van der Waals surface area contributed by atoms with Gasteiger partial charge in [0.15, 0.2) is 5.58 Å². The predicted molar refractivity (Wildman–Crippen MR) is 69.3 cm³/mol. The van der Waals surface area contributed by atoms with Crippen molar-refractivity contribution in [2.75, 3.05) is 5.32 Å². The summed E-state index contributed by atoms with van der Waals surface area (Å²) in [7, 11) is 0. The van der Waals surface area contributed by atoms with Gasteiger partial charge in [0.1, 0.15) is 5.52 Å². The lowest BCUT2D eigenvalue weighted by molar-refractivity contribution is 0.566. The number of hydrogen-bond acceptors (Lipinski definition) is 4. The molecule has 0 bridgehead atoms. The average Bonchev–Trinajstić information content (AvgIpc) is 2.96. The van der Waals surface area contributed by atoms with Crippen LogP contribution in [0, 0.1) is 0 Å². The van der Waals surface area contributed by atoms with Crippen molar-refractivity contribution in [3.63, 3.8) is 0 Å². The summed E-state index contributed by atoms with van der Waals surface area (Å²) in [5, 5.41) is 3.24. The zero-order valence-corrected chi connectivity index (χ0v) is 10.1. The summed E-state index contributed by atoms with van der Waals surface area (Å²) in [6.07, 6.45) is 5.50. The van der Waals surface area contributed by atoms with E-state index in [1.807, 2.05) is 35.0 Å². The van der Waals surface area contributed by atoms with Gasteiger partial charge in [0.05, 0.1) is 6.33 Å². The lowest BCUT2D eigenvalue weighted by Gasteiger charge is -2.12. The standard InChI is InChI=1S/C13H14N4O/c1-10(8-17-7-6-14-9-17)15-13-16-11-4-2-3-5-12(11)18-13/h2-7,9-10H,8H2,1H3,(H,15,16). The van der Waals surface area contributed by atoms with Gasteiger partial charge in [0.25, 0.3) is 6.01 Å². The van der Waals surface area contributed by atoms with Gasteiger partial charge in [0, 0.05) is 25.0 Å². The second-order valence-corrected chi connectivity index (χ2v) is 4.29. The Morgan fingerprint density at radius 1 is 1.39 bits per heavy atom. The molecule has 0 aliphatic rings. The van der Waals surface area contributed by atoms with Crippen molar-refractivity contribution in [1.29, 1.82) is 0 Å². The Bertz CT molecular complexity index is 596. The Labute approximate surface area is 104 Å². The molecule has 0 aliphatic carbocycles. The molecule has 0 amide bonds. The minimum Gasteiger partial charge on any atom is -0.424 e. The van der Waals surface area contributed by atoms with Crippen LogP contribution in [-0.2, 0) is 6.54 Å². The summed E-state index contributed by atoms with van der Waals surface area (Å²) < 4.78 is 7.62. The third kappa shape index (κ3) is 2.20. The molecule has 1 unspecified atom stereocenters. The van der Waals surface area contributed by atoms with E-state index in [0.29, 0.717) is 6.01 Å². The molecule has 3 aromatic rings. The lowest BCUT2D eigenvalue weighted by atomic mass is 10.3. The summed E-state index contributed by atoms with van der Waals surface area (Å²) >= 11 is 0. The van der Waals surface area contributed by atoms with Crippen LogP contribution in [0.3, 0.4) is 0 Å². The van der Waals surface area contributed by atoms with Crippen molar-refractivity contribution in [3.05, 3.63) is 43.0 Å². The maximum Gasteiger partial charge on any atom is 0.295 e. The molecule has 5 heteroatoms. The monoisotopic (exact) mass is 242 g/mol. The third-order valence-electron chi connectivity index (χ3n) is 2.71. The molecule has 0 fully saturated rings. The van der Waals surface area contributed by atoms with E-state index in [1.54, 1.807) is 12.5 Å². The van der Waals surface area contributed by atoms with Crippen LogP contribution in [0.5, 0.6) is 0 Å². The highest BCUT2D eigenvalue weighted by Crippen LogP contribution is 2.18. The number of hydrogen-bond donors (Lipinski definition) is 1. The Morgan fingerprint density at radius 2 is 2.28 bits per heavy atom. The second-order valence-electron chi connectivity index (χ2n) is 4.29. The molecule has 18 heavy (non-hydrogen) atoms. The molecule has 1 aromatic carbocycles. The van der Waals surface area contributed by atoms with Crippen LogP contribution in [0.4, 0.5) is 6.01 Å². The Kier molecular flexibility index (Phi) is 2.72. The predicted octanol–water partition coefficient (Wildman–Crippen LogP) is 2.52. The maximum atomic E-state index is 5.61. The minimum absolute atomic E-state index is 0.215. The fourth-order valence-electron chi connectivity index (χ4n) is 1.90. The van der Waals surface area contributed by atoms with Crippen LogP contribution >= 0.6 is 0 Å². The molecule has 1 atom stereocenters. The van der Waals surface area contributed by atoms with Gasteiger partial charge in [-0.3, -0.25) is 0 Å². The van der Waals surface area contributed by atoms with Gasteiger partial charge >= 0.3 is 0 Å². The first-order valence-electron chi connectivity index (χ1n) is 5.89. The summed E-state index contributed by atoms with van der Waals surface area (Å²) in [6, 6.07) is 8.50. The van der Waals surface area contributed by atoms with Crippen LogP contribution in [-0.4, -0.2) is 20.6 Å². The van der Waals surface area contributed by atoms with Crippen molar-refractivity contribution in [1.82, 2.24) is 14.5 Å². The maximum absolute atomic E-state index is 5.61. The third-order valence-corrected chi connectivity index (χ3v) is 2.71. The van der Waals surface area contributed by atoms with Gasteiger partial charge in [-0.1, -0.05) is 12.1 Å². The zero-order chi connectivity index (χ0) is 12.4. The summed E-state index contributed by atoms with van der Waals surface area (Å²) in [6.45, 7) is 2.90. The number of benzene rings is 1. The fourth-order valence-corrected chi connectivity index (χ4v) is 1.90. The molecule has 92 valence electrons.